The Bertz CT molecular complexity index is 946. The molecule has 164 valence electrons. The zero-order valence-corrected chi connectivity index (χ0v) is 21.0. The second kappa shape index (κ2) is 12.1. The lowest BCUT2D eigenvalue weighted by Crippen LogP contribution is -2.39. The summed E-state index contributed by atoms with van der Waals surface area (Å²) >= 11 is 1.96. The molecule has 0 radical (unpaired) electrons. The highest BCUT2D eigenvalue weighted by Crippen LogP contribution is 2.25. The van der Waals surface area contributed by atoms with E-state index in [-0.39, 0.29) is 24.0 Å². The van der Waals surface area contributed by atoms with Crippen LogP contribution in [0.1, 0.15) is 17.5 Å². The van der Waals surface area contributed by atoms with Crippen LogP contribution in [-0.2, 0) is 13.1 Å². The summed E-state index contributed by atoms with van der Waals surface area (Å²) in [4.78, 5) is 12.4. The summed E-state index contributed by atoms with van der Waals surface area (Å²) in [5.41, 5.74) is 2.55. The number of thioether (sulfide) groups is 1. The van der Waals surface area contributed by atoms with Gasteiger partial charge in [-0.1, -0.05) is 42.5 Å². The zero-order valence-electron chi connectivity index (χ0n) is 17.9. The highest BCUT2D eigenvalue weighted by atomic mass is 127. The average Bonchev–Trinajstić information content (AvgIpc) is 3.46. The second-order valence-electron chi connectivity index (χ2n) is 7.68. The Hall–Kier alpha value is -2.00. The molecule has 2 aromatic carbocycles. The van der Waals surface area contributed by atoms with Gasteiger partial charge in [-0.25, -0.2) is 4.98 Å². The molecule has 1 aromatic heterocycles. The Labute approximate surface area is 206 Å². The number of aliphatic imine (C=N–C) groups is 1. The van der Waals surface area contributed by atoms with Gasteiger partial charge in [0.05, 0.1) is 6.33 Å². The summed E-state index contributed by atoms with van der Waals surface area (Å²) in [7, 11) is 1.88. The maximum atomic E-state index is 4.53. The standard InChI is InChI=1S/C24H29N5S.HI/c1-25-24(29-12-10-22(17-29)18-30-23-8-3-2-4-9-23)27-15-20-6-5-7-21(14-20)16-28-13-11-26-19-28;/h2-9,11,13-14,19,22H,10,12,15-18H2,1H3,(H,25,27);1H. The largest absolute Gasteiger partial charge is 0.352 e. The fourth-order valence-corrected chi connectivity index (χ4v) is 4.88. The van der Waals surface area contributed by atoms with Gasteiger partial charge in [0, 0.05) is 56.3 Å². The molecule has 1 aliphatic heterocycles. The Morgan fingerprint density at radius 2 is 2.00 bits per heavy atom. The summed E-state index contributed by atoms with van der Waals surface area (Å²) < 4.78 is 2.09. The van der Waals surface area contributed by atoms with Crippen molar-refractivity contribution < 1.29 is 0 Å². The fraction of sp³-hybridized carbons (Fsp3) is 0.333. The first-order valence-corrected chi connectivity index (χ1v) is 11.5. The number of likely N-dealkylation sites (tertiary alicyclic amines) is 1. The number of halogens is 1. The molecule has 2 heterocycles. The van der Waals surface area contributed by atoms with Crippen LogP contribution in [0.25, 0.3) is 0 Å². The van der Waals surface area contributed by atoms with Gasteiger partial charge in [-0.3, -0.25) is 4.99 Å². The van der Waals surface area contributed by atoms with E-state index in [9.17, 15) is 0 Å². The van der Waals surface area contributed by atoms with Gasteiger partial charge in [0.25, 0.3) is 0 Å². The first-order chi connectivity index (χ1) is 14.8. The van der Waals surface area contributed by atoms with Crippen LogP contribution >= 0.6 is 35.7 Å². The van der Waals surface area contributed by atoms with Crippen molar-refractivity contribution in [3.8, 4) is 0 Å². The summed E-state index contributed by atoms with van der Waals surface area (Å²) in [5, 5.41) is 3.56. The van der Waals surface area contributed by atoms with E-state index in [1.54, 1.807) is 0 Å². The summed E-state index contributed by atoms with van der Waals surface area (Å²) in [6.45, 7) is 3.76. The minimum Gasteiger partial charge on any atom is -0.352 e. The number of aromatic nitrogens is 2. The van der Waals surface area contributed by atoms with Crippen LogP contribution < -0.4 is 5.32 Å². The van der Waals surface area contributed by atoms with Crippen molar-refractivity contribution in [2.45, 2.75) is 24.4 Å². The van der Waals surface area contributed by atoms with Crippen molar-refractivity contribution in [2.75, 3.05) is 25.9 Å². The zero-order chi connectivity index (χ0) is 20.6. The Kier molecular flexibility index (Phi) is 9.27. The molecule has 0 aliphatic carbocycles. The number of rotatable bonds is 7. The van der Waals surface area contributed by atoms with Crippen LogP contribution in [0.4, 0.5) is 0 Å². The van der Waals surface area contributed by atoms with Crippen molar-refractivity contribution in [1.29, 1.82) is 0 Å². The van der Waals surface area contributed by atoms with Gasteiger partial charge in [-0.05, 0) is 35.6 Å². The summed E-state index contributed by atoms with van der Waals surface area (Å²) in [6.07, 6.45) is 6.89. The highest BCUT2D eigenvalue weighted by molar-refractivity contribution is 14.0. The molecular formula is C24H30IN5S. The molecule has 31 heavy (non-hydrogen) atoms. The molecular weight excluding hydrogens is 517 g/mol. The molecule has 1 atom stereocenters. The third-order valence-electron chi connectivity index (χ3n) is 5.39. The molecule has 1 N–H and O–H groups in total. The van der Waals surface area contributed by atoms with Crippen LogP contribution in [-0.4, -0.2) is 46.3 Å². The number of nitrogens with zero attached hydrogens (tertiary/aromatic N) is 4. The van der Waals surface area contributed by atoms with Gasteiger partial charge in [0.1, 0.15) is 0 Å². The van der Waals surface area contributed by atoms with E-state index in [0.29, 0.717) is 5.92 Å². The van der Waals surface area contributed by atoms with Crippen LogP contribution in [0.15, 0.2) is 83.2 Å². The van der Waals surface area contributed by atoms with E-state index in [0.717, 1.165) is 37.9 Å². The number of benzene rings is 2. The van der Waals surface area contributed by atoms with Crippen LogP contribution in [0, 0.1) is 5.92 Å². The van der Waals surface area contributed by atoms with Crippen molar-refractivity contribution in [2.24, 2.45) is 10.9 Å². The topological polar surface area (TPSA) is 45.5 Å². The third kappa shape index (κ3) is 7.00. The van der Waals surface area contributed by atoms with Crippen molar-refractivity contribution in [3.63, 3.8) is 0 Å². The highest BCUT2D eigenvalue weighted by Gasteiger charge is 2.24. The summed E-state index contributed by atoms with van der Waals surface area (Å²) in [6, 6.07) is 19.4. The summed E-state index contributed by atoms with van der Waals surface area (Å²) in [5.74, 6) is 2.86. The van der Waals surface area contributed by atoms with Gasteiger partial charge in [-0.15, -0.1) is 35.7 Å². The first-order valence-electron chi connectivity index (χ1n) is 10.5. The second-order valence-corrected chi connectivity index (χ2v) is 8.77. The molecule has 4 rings (SSSR count). The molecule has 0 spiro atoms. The van der Waals surface area contributed by atoms with E-state index in [1.165, 1.54) is 22.4 Å². The van der Waals surface area contributed by atoms with Crippen LogP contribution in [0.3, 0.4) is 0 Å². The van der Waals surface area contributed by atoms with Crippen molar-refractivity contribution in [1.82, 2.24) is 19.8 Å². The van der Waals surface area contributed by atoms with E-state index in [2.05, 4.69) is 79.4 Å². The Balaban J connectivity index is 0.00000272. The SMILES string of the molecule is CN=C(NCc1cccc(Cn2ccnc2)c1)N1CCC(CSc2ccccc2)C1.I. The van der Waals surface area contributed by atoms with Gasteiger partial charge in [0.2, 0.25) is 0 Å². The molecule has 3 aromatic rings. The number of guanidine groups is 1. The predicted molar refractivity (Wildman–Crippen MR) is 140 cm³/mol. The van der Waals surface area contributed by atoms with E-state index in [4.69, 9.17) is 0 Å². The predicted octanol–water partition coefficient (Wildman–Crippen LogP) is 4.74. The minimum absolute atomic E-state index is 0. The monoisotopic (exact) mass is 547 g/mol. The Morgan fingerprint density at radius 3 is 2.77 bits per heavy atom. The lowest BCUT2D eigenvalue weighted by atomic mass is 10.1. The van der Waals surface area contributed by atoms with Crippen LogP contribution in [0.5, 0.6) is 0 Å². The first kappa shape index (κ1) is 23.7. The van der Waals surface area contributed by atoms with E-state index >= 15 is 0 Å². The fourth-order valence-electron chi connectivity index (χ4n) is 3.83. The maximum absolute atomic E-state index is 4.53. The molecule has 0 bridgehead atoms. The van der Waals surface area contributed by atoms with Gasteiger partial charge >= 0.3 is 0 Å². The number of imidazole rings is 1. The van der Waals surface area contributed by atoms with Gasteiger partial charge in [-0.2, -0.15) is 0 Å². The van der Waals surface area contributed by atoms with Crippen molar-refractivity contribution in [3.05, 3.63) is 84.4 Å². The van der Waals surface area contributed by atoms with Gasteiger partial charge < -0.3 is 14.8 Å². The average molecular weight is 548 g/mol. The molecule has 1 unspecified atom stereocenters. The number of hydrogen-bond donors (Lipinski definition) is 1. The molecule has 0 saturated carbocycles. The molecule has 7 heteroatoms. The van der Waals surface area contributed by atoms with E-state index in [1.807, 2.05) is 37.5 Å². The third-order valence-corrected chi connectivity index (χ3v) is 6.64. The quantitative estimate of drug-likeness (QED) is 0.201. The molecule has 1 aliphatic rings. The molecule has 1 fully saturated rings. The van der Waals surface area contributed by atoms with Crippen LogP contribution in [0.2, 0.25) is 0 Å². The lowest BCUT2D eigenvalue weighted by molar-refractivity contribution is 0.474. The van der Waals surface area contributed by atoms with Crippen molar-refractivity contribution >= 4 is 41.7 Å². The molecule has 0 amide bonds. The normalized spacial score (nSPS) is 16.2. The number of nitrogens with one attached hydrogen (secondary N) is 1. The smallest absolute Gasteiger partial charge is 0.193 e. The number of hydrogen-bond acceptors (Lipinski definition) is 3. The lowest BCUT2D eigenvalue weighted by Gasteiger charge is -2.22. The Morgan fingerprint density at radius 1 is 1.16 bits per heavy atom. The molecule has 5 nitrogen and oxygen atoms in total. The minimum atomic E-state index is 0. The van der Waals surface area contributed by atoms with Gasteiger partial charge in [0.15, 0.2) is 5.96 Å². The maximum Gasteiger partial charge on any atom is 0.193 e. The molecule has 1 saturated heterocycles. The van der Waals surface area contributed by atoms with E-state index < -0.39 is 0 Å².